The maximum absolute atomic E-state index is 13.8. The van der Waals surface area contributed by atoms with Crippen molar-refractivity contribution in [3.8, 4) is 0 Å². The van der Waals surface area contributed by atoms with E-state index in [0.717, 1.165) is 6.20 Å². The molecule has 2 atom stereocenters. The number of alkyl halides is 3. The van der Waals surface area contributed by atoms with Gasteiger partial charge in [0.05, 0.1) is 0 Å². The first-order valence-corrected chi connectivity index (χ1v) is 7.62. The molecule has 0 aliphatic heterocycles. The zero-order chi connectivity index (χ0) is 17.3. The van der Waals surface area contributed by atoms with E-state index in [1.54, 1.807) is 6.92 Å². The van der Waals surface area contributed by atoms with E-state index in [1.165, 1.54) is 36.5 Å². The Morgan fingerprint density at radius 2 is 1.91 bits per heavy atom. The summed E-state index contributed by atoms with van der Waals surface area (Å²) < 4.78 is 41.3. The fourth-order valence-corrected chi connectivity index (χ4v) is 3.22. The number of aromatic nitrogens is 1. The minimum absolute atomic E-state index is 0.0201. The summed E-state index contributed by atoms with van der Waals surface area (Å²) in [6.45, 7) is 1.56. The van der Waals surface area contributed by atoms with Crippen molar-refractivity contribution in [3.05, 3.63) is 63.9 Å². The molecule has 1 heterocycles. The molecule has 0 bridgehead atoms. The molecule has 2 nitrogen and oxygen atoms in total. The molecule has 1 aromatic carbocycles. The summed E-state index contributed by atoms with van der Waals surface area (Å²) in [4.78, 5) is 3.70. The Kier molecular flexibility index (Phi) is 5.23. The first-order valence-electron chi connectivity index (χ1n) is 6.86. The molecule has 0 aliphatic rings. The number of hydrogen-bond acceptors (Lipinski definition) is 2. The Morgan fingerprint density at radius 3 is 2.39 bits per heavy atom. The zero-order valence-electron chi connectivity index (χ0n) is 12.1. The van der Waals surface area contributed by atoms with Crippen molar-refractivity contribution < 1.29 is 18.3 Å². The summed E-state index contributed by atoms with van der Waals surface area (Å²) in [5.41, 5.74) is -3.25. The summed E-state index contributed by atoms with van der Waals surface area (Å²) >= 11 is 11.9. The topological polar surface area (TPSA) is 33.1 Å². The van der Waals surface area contributed by atoms with Gasteiger partial charge in [0, 0.05) is 33.9 Å². The first kappa shape index (κ1) is 18.0. The van der Waals surface area contributed by atoms with E-state index in [1.807, 2.05) is 0 Å². The van der Waals surface area contributed by atoms with Gasteiger partial charge >= 0.3 is 6.18 Å². The molecule has 124 valence electrons. The molecular weight excluding hydrogens is 350 g/mol. The molecule has 1 aromatic heterocycles. The SMILES string of the molecule is CCC(c1ccc(Cl)cc1Cl)C(O)(c1cccnc1)C(F)(F)F. The quantitative estimate of drug-likeness (QED) is 0.795. The third kappa shape index (κ3) is 3.32. The molecule has 1 N–H and O–H groups in total. The molecule has 0 saturated carbocycles. The highest BCUT2D eigenvalue weighted by Crippen LogP contribution is 2.51. The molecule has 0 saturated heterocycles. The number of hydrogen-bond donors (Lipinski definition) is 1. The molecular formula is C16H14Cl2F3NO. The van der Waals surface area contributed by atoms with Gasteiger partial charge in [-0.05, 0) is 30.2 Å². The number of halogens is 5. The van der Waals surface area contributed by atoms with Crippen LogP contribution in [0.4, 0.5) is 13.2 Å². The van der Waals surface area contributed by atoms with Crippen LogP contribution < -0.4 is 0 Å². The molecule has 0 spiro atoms. The lowest BCUT2D eigenvalue weighted by Crippen LogP contribution is -2.47. The second kappa shape index (κ2) is 6.67. The lowest BCUT2D eigenvalue weighted by atomic mass is 9.75. The van der Waals surface area contributed by atoms with E-state index in [9.17, 15) is 18.3 Å². The average Bonchev–Trinajstić information content (AvgIpc) is 2.49. The molecule has 0 radical (unpaired) electrons. The molecule has 7 heteroatoms. The normalized spacial score (nSPS) is 16.0. The molecule has 23 heavy (non-hydrogen) atoms. The summed E-state index contributed by atoms with van der Waals surface area (Å²) in [7, 11) is 0. The highest BCUT2D eigenvalue weighted by atomic mass is 35.5. The van der Waals surface area contributed by atoms with Crippen molar-refractivity contribution >= 4 is 23.2 Å². The Labute approximate surface area is 141 Å². The molecule has 0 amide bonds. The van der Waals surface area contributed by atoms with Crippen LogP contribution in [0.1, 0.15) is 30.4 Å². The standard InChI is InChI=1S/C16H14Cl2F3NO/c1-2-13(12-6-5-11(17)8-14(12)18)15(23,16(19,20)21)10-4-3-7-22-9-10/h3-9,13,23H,2H2,1H3. The van der Waals surface area contributed by atoms with Crippen molar-refractivity contribution in [2.24, 2.45) is 0 Å². The molecule has 2 aromatic rings. The van der Waals surface area contributed by atoms with Crippen LogP contribution in [0.5, 0.6) is 0 Å². The second-order valence-electron chi connectivity index (χ2n) is 5.13. The number of rotatable bonds is 4. The van der Waals surface area contributed by atoms with Gasteiger partial charge in [0.15, 0.2) is 5.60 Å². The van der Waals surface area contributed by atoms with Crippen LogP contribution in [0, 0.1) is 0 Å². The van der Waals surface area contributed by atoms with Crippen LogP contribution in [0.25, 0.3) is 0 Å². The van der Waals surface area contributed by atoms with E-state index in [-0.39, 0.29) is 22.6 Å². The van der Waals surface area contributed by atoms with Gasteiger partial charge in [-0.2, -0.15) is 13.2 Å². The van der Waals surface area contributed by atoms with Crippen molar-refractivity contribution in [1.29, 1.82) is 0 Å². The maximum atomic E-state index is 13.8. The van der Waals surface area contributed by atoms with Crippen LogP contribution in [-0.4, -0.2) is 16.3 Å². The van der Waals surface area contributed by atoms with Crippen LogP contribution >= 0.6 is 23.2 Å². The van der Waals surface area contributed by atoms with Crippen molar-refractivity contribution in [1.82, 2.24) is 4.98 Å². The van der Waals surface area contributed by atoms with Crippen LogP contribution in [0.2, 0.25) is 10.0 Å². The van der Waals surface area contributed by atoms with Gasteiger partial charge in [0.25, 0.3) is 0 Å². The van der Waals surface area contributed by atoms with Crippen LogP contribution in [0.15, 0.2) is 42.7 Å². The average molecular weight is 364 g/mol. The monoisotopic (exact) mass is 363 g/mol. The van der Waals surface area contributed by atoms with E-state index < -0.39 is 17.7 Å². The molecule has 2 rings (SSSR count). The Morgan fingerprint density at radius 1 is 1.22 bits per heavy atom. The van der Waals surface area contributed by atoms with Gasteiger partial charge in [-0.25, -0.2) is 0 Å². The van der Waals surface area contributed by atoms with Gasteiger partial charge in [0.2, 0.25) is 0 Å². The summed E-state index contributed by atoms with van der Waals surface area (Å²) in [6, 6.07) is 6.77. The number of benzene rings is 1. The fourth-order valence-electron chi connectivity index (χ4n) is 2.68. The Balaban J connectivity index is 2.66. The maximum Gasteiger partial charge on any atom is 0.422 e. The van der Waals surface area contributed by atoms with Gasteiger partial charge in [0.1, 0.15) is 0 Å². The minimum Gasteiger partial charge on any atom is -0.376 e. The number of nitrogens with zero attached hydrogens (tertiary/aromatic N) is 1. The number of pyridine rings is 1. The van der Waals surface area contributed by atoms with E-state index in [4.69, 9.17) is 23.2 Å². The third-order valence-electron chi connectivity index (χ3n) is 3.78. The highest BCUT2D eigenvalue weighted by Gasteiger charge is 2.59. The van der Waals surface area contributed by atoms with Gasteiger partial charge in [-0.15, -0.1) is 0 Å². The predicted molar refractivity (Wildman–Crippen MR) is 83.7 cm³/mol. The van der Waals surface area contributed by atoms with Crippen molar-refractivity contribution in [2.75, 3.05) is 0 Å². The van der Waals surface area contributed by atoms with Gasteiger partial charge in [-0.1, -0.05) is 42.3 Å². The van der Waals surface area contributed by atoms with E-state index in [2.05, 4.69) is 4.98 Å². The fraction of sp³-hybridized carbons (Fsp3) is 0.312. The second-order valence-corrected chi connectivity index (χ2v) is 5.98. The minimum atomic E-state index is -4.90. The first-order chi connectivity index (χ1) is 10.7. The third-order valence-corrected chi connectivity index (χ3v) is 4.35. The van der Waals surface area contributed by atoms with Crippen LogP contribution in [0.3, 0.4) is 0 Å². The predicted octanol–water partition coefficient (Wildman–Crippen LogP) is 5.33. The van der Waals surface area contributed by atoms with Gasteiger partial charge < -0.3 is 5.11 Å². The summed E-state index contributed by atoms with van der Waals surface area (Å²) in [5, 5.41) is 11.1. The zero-order valence-corrected chi connectivity index (χ0v) is 13.6. The number of aliphatic hydroxyl groups is 1. The molecule has 0 fully saturated rings. The highest BCUT2D eigenvalue weighted by molar-refractivity contribution is 6.35. The Bertz CT molecular complexity index is 679. The lowest BCUT2D eigenvalue weighted by Gasteiger charge is -2.38. The van der Waals surface area contributed by atoms with Crippen molar-refractivity contribution in [3.63, 3.8) is 0 Å². The summed E-state index contributed by atoms with van der Waals surface area (Å²) in [6.07, 6.45) is -2.53. The van der Waals surface area contributed by atoms with Crippen LogP contribution in [-0.2, 0) is 5.60 Å². The van der Waals surface area contributed by atoms with Gasteiger partial charge in [-0.3, -0.25) is 4.98 Å². The van der Waals surface area contributed by atoms with E-state index >= 15 is 0 Å². The smallest absolute Gasteiger partial charge is 0.376 e. The molecule has 0 aliphatic carbocycles. The lowest BCUT2D eigenvalue weighted by molar-refractivity contribution is -0.276. The van der Waals surface area contributed by atoms with Crippen molar-refractivity contribution in [2.45, 2.75) is 31.0 Å². The van der Waals surface area contributed by atoms with E-state index in [0.29, 0.717) is 5.02 Å². The largest absolute Gasteiger partial charge is 0.422 e. The molecule has 2 unspecified atom stereocenters. The summed E-state index contributed by atoms with van der Waals surface area (Å²) in [5.74, 6) is -1.29. The Hall–Kier alpha value is -1.30.